The number of carbonyl (C=O) groups excluding carboxylic acids is 1. The number of nitro benzene ring substituents is 1. The SMILES string of the molecule is CCOC(=O)C1=C(C)N=c2s/c(=C/c3cc(I)c(OCc4ccc(Br)cc4)c(I)c3)c(=O)n2[C@@H]1c1ccc(C)c([N+](=O)[O-])c1. The van der Waals surface area contributed by atoms with E-state index in [1.165, 1.54) is 22.0 Å². The van der Waals surface area contributed by atoms with Crippen LogP contribution in [0.25, 0.3) is 6.08 Å². The lowest BCUT2D eigenvalue weighted by molar-refractivity contribution is -0.385. The number of rotatable bonds is 8. The van der Waals surface area contributed by atoms with Gasteiger partial charge in [-0.3, -0.25) is 19.5 Å². The predicted octanol–water partition coefficient (Wildman–Crippen LogP) is 6.57. The number of benzene rings is 3. The lowest BCUT2D eigenvalue weighted by Crippen LogP contribution is -2.40. The van der Waals surface area contributed by atoms with Crippen LogP contribution in [0.5, 0.6) is 5.75 Å². The van der Waals surface area contributed by atoms with Gasteiger partial charge in [-0.05, 0) is 113 Å². The van der Waals surface area contributed by atoms with Crippen molar-refractivity contribution in [2.45, 2.75) is 33.4 Å². The molecule has 0 unspecified atom stereocenters. The number of thiazole rings is 1. The van der Waals surface area contributed by atoms with E-state index in [2.05, 4.69) is 66.1 Å². The van der Waals surface area contributed by atoms with Gasteiger partial charge in [0.25, 0.3) is 11.2 Å². The second-order valence-corrected chi connectivity index (χ2v) is 14.1. The number of hydrogen-bond donors (Lipinski definition) is 0. The molecular weight excluding hydrogens is 876 g/mol. The number of nitro groups is 1. The first kappa shape index (κ1) is 32.5. The molecule has 0 aliphatic carbocycles. The topological polar surface area (TPSA) is 113 Å². The molecule has 1 aromatic heterocycles. The Morgan fingerprint density at radius 2 is 1.82 bits per heavy atom. The average molecular weight is 900 g/mol. The Hall–Kier alpha value is -2.89. The third-order valence-electron chi connectivity index (χ3n) is 6.88. The summed E-state index contributed by atoms with van der Waals surface area (Å²) in [7, 11) is 0. The van der Waals surface area contributed by atoms with E-state index >= 15 is 0 Å². The summed E-state index contributed by atoms with van der Waals surface area (Å²) < 4.78 is 16.1. The second kappa shape index (κ2) is 13.6. The number of hydrogen-bond acceptors (Lipinski definition) is 8. The van der Waals surface area contributed by atoms with Gasteiger partial charge >= 0.3 is 5.97 Å². The van der Waals surface area contributed by atoms with Gasteiger partial charge in [-0.25, -0.2) is 9.79 Å². The number of aromatic nitrogens is 1. The zero-order valence-corrected chi connectivity index (χ0v) is 30.3. The number of carbonyl (C=O) groups is 1. The van der Waals surface area contributed by atoms with Crippen LogP contribution >= 0.6 is 72.4 Å². The molecule has 0 bridgehead atoms. The van der Waals surface area contributed by atoms with Crippen LogP contribution < -0.4 is 19.6 Å². The summed E-state index contributed by atoms with van der Waals surface area (Å²) >= 11 is 9.08. The van der Waals surface area contributed by atoms with Crippen LogP contribution in [0.2, 0.25) is 0 Å². The molecule has 9 nitrogen and oxygen atoms in total. The van der Waals surface area contributed by atoms with Gasteiger partial charge in [0.2, 0.25) is 0 Å². The van der Waals surface area contributed by atoms with Crippen molar-refractivity contribution in [2.24, 2.45) is 4.99 Å². The second-order valence-electron chi connectivity index (χ2n) is 9.83. The molecule has 1 aliphatic heterocycles. The molecule has 1 atom stereocenters. The Bertz CT molecular complexity index is 2000. The van der Waals surface area contributed by atoms with E-state index in [9.17, 15) is 19.7 Å². The Labute approximate surface area is 291 Å². The molecule has 0 spiro atoms. The molecule has 44 heavy (non-hydrogen) atoms. The third kappa shape index (κ3) is 6.70. The number of esters is 1. The van der Waals surface area contributed by atoms with Crippen LogP contribution in [0.4, 0.5) is 5.69 Å². The number of halogens is 3. The molecular formula is C31H24BrI2N3O6S. The van der Waals surface area contributed by atoms with Gasteiger partial charge in [0, 0.05) is 16.1 Å². The highest BCUT2D eigenvalue weighted by Gasteiger charge is 2.34. The molecule has 0 saturated carbocycles. The van der Waals surface area contributed by atoms with Crippen LogP contribution in [-0.4, -0.2) is 22.1 Å². The standard InChI is InChI=1S/C31H24BrI2N3O6S/c1-4-42-30(39)26-17(3)35-31-36(27(26)20-8-5-16(2)24(14-20)37(40)41)29(38)25(44-31)13-19-11-22(33)28(23(34)12-19)43-15-18-6-9-21(32)10-7-18/h5-14,27H,4,15H2,1-3H3/b25-13+/t27-/m1/s1. The molecule has 1 aliphatic rings. The Kier molecular flexibility index (Phi) is 10.1. The van der Waals surface area contributed by atoms with Crippen molar-refractivity contribution in [2.75, 3.05) is 6.61 Å². The van der Waals surface area contributed by atoms with Crippen LogP contribution in [0.15, 0.2) is 80.1 Å². The number of nitrogens with zero attached hydrogens (tertiary/aromatic N) is 3. The Morgan fingerprint density at radius 1 is 1.14 bits per heavy atom. The van der Waals surface area contributed by atoms with Crippen molar-refractivity contribution in [3.8, 4) is 5.75 Å². The van der Waals surface area contributed by atoms with Crippen molar-refractivity contribution in [3.05, 3.63) is 130 Å². The Balaban J connectivity index is 1.58. The largest absolute Gasteiger partial charge is 0.487 e. The molecule has 0 amide bonds. The maximum atomic E-state index is 14.0. The molecule has 226 valence electrons. The fraction of sp³-hybridized carbons (Fsp3) is 0.194. The number of aryl methyl sites for hydroxylation is 1. The molecule has 0 fully saturated rings. The first-order valence-electron chi connectivity index (χ1n) is 13.3. The van der Waals surface area contributed by atoms with Gasteiger partial charge < -0.3 is 9.47 Å². The highest BCUT2D eigenvalue weighted by molar-refractivity contribution is 14.1. The van der Waals surface area contributed by atoms with Crippen LogP contribution in [-0.2, 0) is 16.1 Å². The smallest absolute Gasteiger partial charge is 0.338 e. The van der Waals surface area contributed by atoms with Crippen LogP contribution in [0.1, 0.15) is 42.1 Å². The maximum Gasteiger partial charge on any atom is 0.338 e. The lowest BCUT2D eigenvalue weighted by atomic mass is 9.94. The van der Waals surface area contributed by atoms with Crippen LogP contribution in [0, 0.1) is 24.2 Å². The average Bonchev–Trinajstić information content (AvgIpc) is 3.26. The van der Waals surface area contributed by atoms with E-state index in [-0.39, 0.29) is 23.4 Å². The highest BCUT2D eigenvalue weighted by atomic mass is 127. The van der Waals surface area contributed by atoms with Crippen LogP contribution in [0.3, 0.4) is 0 Å². The van der Waals surface area contributed by atoms with Crippen molar-refractivity contribution >= 4 is 90.2 Å². The number of allylic oxidation sites excluding steroid dienone is 1. The minimum absolute atomic E-state index is 0.103. The fourth-order valence-electron chi connectivity index (χ4n) is 4.79. The van der Waals surface area contributed by atoms with Crippen molar-refractivity contribution < 1.29 is 19.2 Å². The van der Waals surface area contributed by atoms with E-state index in [1.54, 1.807) is 39.0 Å². The third-order valence-corrected chi connectivity index (χ3v) is 9.99. The highest BCUT2D eigenvalue weighted by Crippen LogP contribution is 2.34. The molecule has 4 aromatic rings. The van der Waals surface area contributed by atoms with Crippen molar-refractivity contribution in [3.63, 3.8) is 0 Å². The Morgan fingerprint density at radius 3 is 2.45 bits per heavy atom. The molecule has 0 N–H and O–H groups in total. The van der Waals surface area contributed by atoms with E-state index < -0.39 is 16.9 Å². The van der Waals surface area contributed by atoms with E-state index in [0.717, 1.165) is 28.5 Å². The monoisotopic (exact) mass is 899 g/mol. The van der Waals surface area contributed by atoms with Gasteiger partial charge in [-0.15, -0.1) is 0 Å². The van der Waals surface area contributed by atoms with Gasteiger partial charge in [0.05, 0.1) is 40.5 Å². The van der Waals surface area contributed by atoms with Gasteiger partial charge in [0.1, 0.15) is 12.4 Å². The molecule has 13 heteroatoms. The summed E-state index contributed by atoms with van der Waals surface area (Å²) in [6.45, 7) is 5.54. The van der Waals surface area contributed by atoms with E-state index in [4.69, 9.17) is 9.47 Å². The van der Waals surface area contributed by atoms with Crippen molar-refractivity contribution in [1.82, 2.24) is 4.57 Å². The minimum Gasteiger partial charge on any atom is -0.487 e. The number of ether oxygens (including phenoxy) is 2. The van der Waals surface area contributed by atoms with E-state index in [0.29, 0.717) is 32.8 Å². The zero-order chi connectivity index (χ0) is 31.7. The quantitative estimate of drug-likeness (QED) is 0.0858. The summed E-state index contributed by atoms with van der Waals surface area (Å²) in [5, 5.41) is 11.8. The molecule has 0 saturated heterocycles. The molecule has 2 heterocycles. The summed E-state index contributed by atoms with van der Waals surface area (Å²) in [4.78, 5) is 43.4. The summed E-state index contributed by atoms with van der Waals surface area (Å²) in [5.74, 6) is 0.127. The first-order valence-corrected chi connectivity index (χ1v) is 17.1. The summed E-state index contributed by atoms with van der Waals surface area (Å²) in [5.41, 5.74) is 2.81. The molecule has 0 radical (unpaired) electrons. The van der Waals surface area contributed by atoms with Gasteiger partial charge in [-0.2, -0.15) is 0 Å². The summed E-state index contributed by atoms with van der Waals surface area (Å²) in [6, 6.07) is 15.6. The van der Waals surface area contributed by atoms with Gasteiger partial charge in [0.15, 0.2) is 4.80 Å². The zero-order valence-electron chi connectivity index (χ0n) is 23.6. The molecule has 3 aromatic carbocycles. The van der Waals surface area contributed by atoms with Gasteiger partial charge in [-0.1, -0.05) is 51.5 Å². The minimum atomic E-state index is -0.943. The number of fused-ring (bicyclic) bond motifs is 1. The fourth-order valence-corrected chi connectivity index (χ4v) is 8.23. The first-order chi connectivity index (χ1) is 21.0. The normalized spacial score (nSPS) is 14.7. The van der Waals surface area contributed by atoms with Crippen molar-refractivity contribution in [1.29, 1.82) is 0 Å². The lowest BCUT2D eigenvalue weighted by Gasteiger charge is -2.24. The maximum absolute atomic E-state index is 14.0. The molecule has 5 rings (SSSR count). The predicted molar refractivity (Wildman–Crippen MR) is 189 cm³/mol. The van der Waals surface area contributed by atoms with E-state index in [1.807, 2.05) is 36.4 Å². The summed E-state index contributed by atoms with van der Waals surface area (Å²) in [6.07, 6.45) is 1.78.